The lowest BCUT2D eigenvalue weighted by Gasteiger charge is -2.37. The first-order chi connectivity index (χ1) is 8.85. The zero-order valence-corrected chi connectivity index (χ0v) is 10.8. The summed E-state index contributed by atoms with van der Waals surface area (Å²) in [6, 6.07) is 0.800. The summed E-state index contributed by atoms with van der Waals surface area (Å²) in [4.78, 5) is 5.19. The lowest BCUT2D eigenvalue weighted by atomic mass is 10.1. The van der Waals surface area contributed by atoms with Crippen molar-refractivity contribution >= 4 is 0 Å². The molecule has 1 aromatic rings. The molecule has 0 aliphatic carbocycles. The lowest BCUT2D eigenvalue weighted by Crippen LogP contribution is -2.50. The highest BCUT2D eigenvalue weighted by molar-refractivity contribution is 4.91. The number of aromatic nitrogens is 3. The third-order valence-electron chi connectivity index (χ3n) is 4.11. The second kappa shape index (κ2) is 5.34. The standard InChI is InChI=1S/C12H22N6/c13-8-11-9-18(15-14-11)7-5-16-4-6-17-3-1-2-12(17)10-16/h9,12H,1-8,10,13H2. The second-order valence-electron chi connectivity index (χ2n) is 5.31. The van der Waals surface area contributed by atoms with Crippen molar-refractivity contribution in [2.75, 3.05) is 32.7 Å². The number of piperazine rings is 1. The quantitative estimate of drug-likeness (QED) is 0.782. The molecule has 1 atom stereocenters. The summed E-state index contributed by atoms with van der Waals surface area (Å²) in [5, 5.41) is 8.10. The number of fused-ring (bicyclic) bond motifs is 1. The average molecular weight is 250 g/mol. The van der Waals surface area contributed by atoms with Gasteiger partial charge in [-0.25, -0.2) is 0 Å². The van der Waals surface area contributed by atoms with Crippen molar-refractivity contribution in [2.45, 2.75) is 32.0 Å². The van der Waals surface area contributed by atoms with Crippen LogP contribution in [0.25, 0.3) is 0 Å². The highest BCUT2D eigenvalue weighted by atomic mass is 15.4. The molecule has 3 rings (SSSR count). The molecule has 3 heterocycles. The van der Waals surface area contributed by atoms with Crippen molar-refractivity contribution < 1.29 is 0 Å². The Kier molecular flexibility index (Phi) is 3.58. The molecule has 1 aromatic heterocycles. The van der Waals surface area contributed by atoms with Crippen LogP contribution in [-0.4, -0.2) is 63.6 Å². The minimum Gasteiger partial charge on any atom is -0.325 e. The van der Waals surface area contributed by atoms with E-state index in [2.05, 4.69) is 20.1 Å². The largest absolute Gasteiger partial charge is 0.325 e. The number of hydrogen-bond donors (Lipinski definition) is 1. The topological polar surface area (TPSA) is 63.2 Å². The molecular formula is C12H22N6. The molecule has 18 heavy (non-hydrogen) atoms. The van der Waals surface area contributed by atoms with Crippen molar-refractivity contribution in [3.8, 4) is 0 Å². The summed E-state index contributed by atoms with van der Waals surface area (Å²) in [6.07, 6.45) is 4.70. The Bertz CT molecular complexity index is 390. The molecule has 0 radical (unpaired) electrons. The molecule has 0 saturated carbocycles. The maximum Gasteiger partial charge on any atom is 0.0962 e. The predicted octanol–water partition coefficient (Wildman–Crippen LogP) is -0.483. The third kappa shape index (κ3) is 2.55. The molecule has 0 spiro atoms. The fourth-order valence-corrected chi connectivity index (χ4v) is 3.04. The molecule has 2 aliphatic rings. The van der Waals surface area contributed by atoms with E-state index in [1.807, 2.05) is 10.9 Å². The van der Waals surface area contributed by atoms with E-state index in [0.717, 1.165) is 24.8 Å². The van der Waals surface area contributed by atoms with Crippen LogP contribution in [-0.2, 0) is 13.1 Å². The van der Waals surface area contributed by atoms with Crippen LogP contribution in [0.2, 0.25) is 0 Å². The molecule has 1 unspecified atom stereocenters. The fourth-order valence-electron chi connectivity index (χ4n) is 3.04. The highest BCUT2D eigenvalue weighted by Gasteiger charge is 2.30. The Morgan fingerprint density at radius 1 is 1.28 bits per heavy atom. The number of hydrogen-bond acceptors (Lipinski definition) is 5. The summed E-state index contributed by atoms with van der Waals surface area (Å²) in [5.41, 5.74) is 6.40. The molecule has 2 N–H and O–H groups in total. The maximum absolute atomic E-state index is 5.53. The first-order valence-corrected chi connectivity index (χ1v) is 6.90. The minimum absolute atomic E-state index is 0.473. The van der Waals surface area contributed by atoms with Gasteiger partial charge in [0.2, 0.25) is 0 Å². The van der Waals surface area contributed by atoms with Crippen molar-refractivity contribution in [1.29, 1.82) is 0 Å². The first kappa shape index (κ1) is 12.1. The van der Waals surface area contributed by atoms with Crippen LogP contribution < -0.4 is 5.73 Å². The Morgan fingerprint density at radius 2 is 2.22 bits per heavy atom. The van der Waals surface area contributed by atoms with Crippen molar-refractivity contribution in [3.05, 3.63) is 11.9 Å². The SMILES string of the molecule is NCc1cn(CCN2CCN3CCCC3C2)nn1. The van der Waals surface area contributed by atoms with Gasteiger partial charge in [-0.1, -0.05) is 5.21 Å². The monoisotopic (exact) mass is 250 g/mol. The highest BCUT2D eigenvalue weighted by Crippen LogP contribution is 2.21. The summed E-state index contributed by atoms with van der Waals surface area (Å²) in [7, 11) is 0. The van der Waals surface area contributed by atoms with Gasteiger partial charge in [-0.15, -0.1) is 5.10 Å². The molecule has 6 heteroatoms. The predicted molar refractivity (Wildman–Crippen MR) is 68.9 cm³/mol. The summed E-state index contributed by atoms with van der Waals surface area (Å²) >= 11 is 0. The van der Waals surface area contributed by atoms with Gasteiger partial charge in [0.15, 0.2) is 0 Å². The Labute approximate surface area is 108 Å². The number of nitrogens with zero attached hydrogens (tertiary/aromatic N) is 5. The van der Waals surface area contributed by atoms with Gasteiger partial charge >= 0.3 is 0 Å². The zero-order valence-electron chi connectivity index (χ0n) is 10.8. The van der Waals surface area contributed by atoms with Gasteiger partial charge in [0, 0.05) is 45.0 Å². The van der Waals surface area contributed by atoms with Crippen LogP contribution in [0, 0.1) is 0 Å². The fraction of sp³-hybridized carbons (Fsp3) is 0.833. The molecule has 2 aliphatic heterocycles. The molecule has 2 fully saturated rings. The van der Waals surface area contributed by atoms with Crippen molar-refractivity contribution in [1.82, 2.24) is 24.8 Å². The number of nitrogens with two attached hydrogens (primary N) is 1. The van der Waals surface area contributed by atoms with E-state index in [4.69, 9.17) is 5.73 Å². The van der Waals surface area contributed by atoms with Gasteiger partial charge in [0.1, 0.15) is 0 Å². The first-order valence-electron chi connectivity index (χ1n) is 6.90. The Hall–Kier alpha value is -0.980. The lowest BCUT2D eigenvalue weighted by molar-refractivity contribution is 0.101. The summed E-state index contributed by atoms with van der Waals surface area (Å²) in [6.45, 7) is 7.41. The van der Waals surface area contributed by atoms with E-state index in [-0.39, 0.29) is 0 Å². The van der Waals surface area contributed by atoms with Crippen LogP contribution in [0.3, 0.4) is 0 Å². The molecule has 6 nitrogen and oxygen atoms in total. The molecule has 0 amide bonds. The van der Waals surface area contributed by atoms with Crippen LogP contribution in [0.5, 0.6) is 0 Å². The van der Waals surface area contributed by atoms with E-state index in [0.29, 0.717) is 6.54 Å². The average Bonchev–Trinajstić information content (AvgIpc) is 3.04. The Balaban J connectivity index is 1.48. The van der Waals surface area contributed by atoms with Gasteiger partial charge in [-0.2, -0.15) is 0 Å². The van der Waals surface area contributed by atoms with E-state index < -0.39 is 0 Å². The minimum atomic E-state index is 0.473. The second-order valence-corrected chi connectivity index (χ2v) is 5.31. The molecule has 2 saturated heterocycles. The van der Waals surface area contributed by atoms with E-state index in [9.17, 15) is 0 Å². The zero-order chi connectivity index (χ0) is 12.4. The van der Waals surface area contributed by atoms with Crippen LogP contribution in [0.15, 0.2) is 6.20 Å². The van der Waals surface area contributed by atoms with E-state index in [1.54, 1.807) is 0 Å². The molecule has 100 valence electrons. The van der Waals surface area contributed by atoms with Gasteiger partial charge < -0.3 is 5.73 Å². The molecule has 0 bridgehead atoms. The van der Waals surface area contributed by atoms with Crippen LogP contribution >= 0.6 is 0 Å². The van der Waals surface area contributed by atoms with Gasteiger partial charge in [-0.05, 0) is 19.4 Å². The van der Waals surface area contributed by atoms with E-state index in [1.165, 1.54) is 39.0 Å². The Morgan fingerprint density at radius 3 is 3.06 bits per heavy atom. The van der Waals surface area contributed by atoms with Gasteiger partial charge in [0.25, 0.3) is 0 Å². The number of rotatable bonds is 4. The van der Waals surface area contributed by atoms with Crippen molar-refractivity contribution in [3.63, 3.8) is 0 Å². The third-order valence-corrected chi connectivity index (χ3v) is 4.11. The van der Waals surface area contributed by atoms with Crippen LogP contribution in [0.1, 0.15) is 18.5 Å². The van der Waals surface area contributed by atoms with E-state index >= 15 is 0 Å². The maximum atomic E-state index is 5.53. The van der Waals surface area contributed by atoms with Crippen molar-refractivity contribution in [2.24, 2.45) is 5.73 Å². The summed E-state index contributed by atoms with van der Waals surface area (Å²) < 4.78 is 1.91. The van der Waals surface area contributed by atoms with Crippen LogP contribution in [0.4, 0.5) is 0 Å². The normalized spacial score (nSPS) is 25.5. The summed E-state index contributed by atoms with van der Waals surface area (Å²) in [5.74, 6) is 0. The molecular weight excluding hydrogens is 228 g/mol. The van der Waals surface area contributed by atoms with Gasteiger partial charge in [0.05, 0.1) is 12.2 Å². The van der Waals surface area contributed by atoms with Gasteiger partial charge in [-0.3, -0.25) is 14.5 Å². The molecule has 0 aromatic carbocycles. The smallest absolute Gasteiger partial charge is 0.0962 e.